The number of halogens is 1. The summed E-state index contributed by atoms with van der Waals surface area (Å²) in [6.07, 6.45) is 0. The molecule has 277 valence electrons. The van der Waals surface area contributed by atoms with Crippen molar-refractivity contribution in [2.24, 2.45) is 10.2 Å². The molecule has 1 radical (unpaired) electrons. The number of benzene rings is 4. The van der Waals surface area contributed by atoms with Crippen molar-refractivity contribution < 1.29 is 79.2 Å². The normalized spacial score (nSPS) is 12.5. The summed E-state index contributed by atoms with van der Waals surface area (Å²) >= 11 is 5.98. The van der Waals surface area contributed by atoms with E-state index in [-0.39, 0.29) is 28.7 Å². The standard InChI is InChI=1S/C25H18ClN7O14S4.Cu/c26-23-29-24(27-11-1-3-12(4-2-11)48(36,37)38)31-25(30-23)28-16-7-6-14-15(22(16)51(45,46)47)10-19(50(42,43)44)20(21(14)35)33-32-17-9-13(49(39,40)41)5-8-18(17)34;/h1-10,34-35H,(H,36,37,38)(H,39,40,41)(H,42,43,44)(H,45,46,47)(H2,27,28,29,30,31);/q;+2/p-2. The summed E-state index contributed by atoms with van der Waals surface area (Å²) in [6, 6.07) is 8.83. The Labute approximate surface area is 307 Å². The zero-order chi connectivity index (χ0) is 37.7. The second kappa shape index (κ2) is 14.4. The van der Waals surface area contributed by atoms with Gasteiger partial charge in [0.2, 0.25) is 17.2 Å². The molecule has 0 fully saturated rings. The average molecular weight is 866 g/mol. The third-order valence-electron chi connectivity index (χ3n) is 6.45. The fourth-order valence-electron chi connectivity index (χ4n) is 4.31. The predicted octanol–water partition coefficient (Wildman–Crippen LogP) is 2.71. The Morgan fingerprint density at radius 3 is 1.77 bits per heavy atom. The van der Waals surface area contributed by atoms with Crippen LogP contribution in [0.2, 0.25) is 5.28 Å². The van der Waals surface area contributed by atoms with E-state index in [0.717, 1.165) is 30.3 Å². The van der Waals surface area contributed by atoms with E-state index in [2.05, 4.69) is 35.8 Å². The number of hydrogen-bond donors (Lipinski definition) is 6. The van der Waals surface area contributed by atoms with Crippen molar-refractivity contribution in [3.05, 3.63) is 65.9 Å². The smallest absolute Gasteiger partial charge is 0.871 e. The molecule has 0 saturated heterocycles. The molecular formula is C25H16ClCuN7O14S4. The van der Waals surface area contributed by atoms with Gasteiger partial charge < -0.3 is 20.8 Å². The molecule has 21 nitrogen and oxygen atoms in total. The monoisotopic (exact) mass is 864 g/mol. The zero-order valence-electron chi connectivity index (χ0n) is 24.7. The Bertz CT molecular complexity index is 2740. The Balaban J connectivity index is 0.00000605. The number of nitrogens with one attached hydrogen (secondary N) is 2. The fraction of sp³-hybridized carbons (Fsp3) is 0. The van der Waals surface area contributed by atoms with Crippen LogP contribution in [0.4, 0.5) is 34.6 Å². The van der Waals surface area contributed by atoms with Gasteiger partial charge in [0.15, 0.2) is 0 Å². The van der Waals surface area contributed by atoms with Crippen molar-refractivity contribution in [2.75, 3.05) is 10.6 Å². The van der Waals surface area contributed by atoms with Gasteiger partial charge in [-0.05, 0) is 65.5 Å². The molecule has 0 aliphatic carbocycles. The number of hydrogen-bond acceptors (Lipinski definition) is 17. The summed E-state index contributed by atoms with van der Waals surface area (Å²) < 4.78 is 134. The Morgan fingerprint density at radius 1 is 0.635 bits per heavy atom. The van der Waals surface area contributed by atoms with E-state index < -0.39 is 111 Å². The Morgan fingerprint density at radius 2 is 1.21 bits per heavy atom. The van der Waals surface area contributed by atoms with Gasteiger partial charge in [-0.2, -0.15) is 53.7 Å². The van der Waals surface area contributed by atoms with Gasteiger partial charge >= 0.3 is 17.1 Å². The van der Waals surface area contributed by atoms with Crippen molar-refractivity contribution >= 4 is 97.5 Å². The summed E-state index contributed by atoms with van der Waals surface area (Å²) in [5, 5.41) is 35.7. The summed E-state index contributed by atoms with van der Waals surface area (Å²) in [6.45, 7) is 0. The third-order valence-corrected chi connectivity index (χ3v) is 10.2. The van der Waals surface area contributed by atoms with Crippen LogP contribution in [-0.4, -0.2) is 66.8 Å². The molecule has 5 rings (SSSR count). The number of azo groups is 1. The van der Waals surface area contributed by atoms with Crippen LogP contribution < -0.4 is 20.8 Å². The van der Waals surface area contributed by atoms with Crippen LogP contribution in [-0.2, 0) is 57.5 Å². The van der Waals surface area contributed by atoms with E-state index >= 15 is 0 Å². The summed E-state index contributed by atoms with van der Waals surface area (Å²) in [5.74, 6) is -3.16. The van der Waals surface area contributed by atoms with Crippen LogP contribution in [0.15, 0.2) is 90.5 Å². The first-order chi connectivity index (χ1) is 23.5. The second-order valence-corrected chi connectivity index (χ2v) is 15.8. The van der Waals surface area contributed by atoms with Gasteiger partial charge in [-0.3, -0.25) is 18.2 Å². The van der Waals surface area contributed by atoms with Crippen molar-refractivity contribution in [1.29, 1.82) is 0 Å². The van der Waals surface area contributed by atoms with Crippen LogP contribution >= 0.6 is 11.6 Å². The van der Waals surface area contributed by atoms with Crippen molar-refractivity contribution in [3.8, 4) is 11.5 Å². The van der Waals surface area contributed by atoms with Gasteiger partial charge in [-0.1, -0.05) is 23.6 Å². The molecule has 0 saturated carbocycles. The van der Waals surface area contributed by atoms with E-state index in [1.54, 1.807) is 0 Å². The molecule has 6 N–H and O–H groups in total. The molecule has 0 spiro atoms. The van der Waals surface area contributed by atoms with Gasteiger partial charge in [-0.15, -0.1) is 5.11 Å². The number of aromatic nitrogens is 3. The van der Waals surface area contributed by atoms with E-state index in [1.165, 1.54) is 12.1 Å². The van der Waals surface area contributed by atoms with Gasteiger partial charge in [0.1, 0.15) is 9.79 Å². The minimum atomic E-state index is -5.45. The minimum absolute atomic E-state index is 0. The molecule has 0 aliphatic rings. The van der Waals surface area contributed by atoms with Gasteiger partial charge in [0, 0.05) is 11.1 Å². The van der Waals surface area contributed by atoms with Crippen LogP contribution in [0.1, 0.15) is 0 Å². The van der Waals surface area contributed by atoms with Gasteiger partial charge in [0.05, 0.1) is 26.9 Å². The minimum Gasteiger partial charge on any atom is -0.871 e. The van der Waals surface area contributed by atoms with Crippen molar-refractivity contribution in [3.63, 3.8) is 0 Å². The molecule has 27 heteroatoms. The molecule has 0 unspecified atom stereocenters. The summed E-state index contributed by atoms with van der Waals surface area (Å²) in [4.78, 5) is 7.91. The van der Waals surface area contributed by atoms with Crippen LogP contribution in [0.3, 0.4) is 0 Å². The van der Waals surface area contributed by atoms with E-state index in [1.807, 2.05) is 0 Å². The van der Waals surface area contributed by atoms with Gasteiger partial charge in [0.25, 0.3) is 40.5 Å². The molecule has 0 aliphatic heterocycles. The number of anilines is 4. The SMILES string of the molecule is O=S(=O)(O)c1ccc(Nc2nc(Cl)nc(Nc3ccc4c([O-])c(N=Nc5cc(S(=O)(=O)O)ccc5[O-])c(S(=O)(=O)O)cc4c3S(=O)(=O)O)n2)cc1.[Cu+2]. The summed E-state index contributed by atoms with van der Waals surface area (Å²) in [7, 11) is -20.2. The molecule has 0 atom stereocenters. The van der Waals surface area contributed by atoms with E-state index in [0.29, 0.717) is 18.2 Å². The molecule has 4 aromatic carbocycles. The number of rotatable bonds is 10. The molecule has 1 aromatic heterocycles. The van der Waals surface area contributed by atoms with Crippen molar-refractivity contribution in [2.45, 2.75) is 19.6 Å². The average Bonchev–Trinajstić information content (AvgIpc) is 2.99. The van der Waals surface area contributed by atoms with E-state index in [9.17, 15) is 57.5 Å². The zero-order valence-corrected chi connectivity index (χ0v) is 29.7. The second-order valence-electron chi connectivity index (χ2n) is 9.85. The maximum absolute atomic E-state index is 13.5. The fourth-order valence-corrected chi connectivity index (χ4v) is 6.94. The van der Waals surface area contributed by atoms with Crippen LogP contribution in [0, 0.1) is 0 Å². The largest absolute Gasteiger partial charge is 2.00 e. The predicted molar refractivity (Wildman–Crippen MR) is 171 cm³/mol. The quantitative estimate of drug-likeness (QED) is 0.0667. The summed E-state index contributed by atoms with van der Waals surface area (Å²) in [5.41, 5.74) is -2.33. The van der Waals surface area contributed by atoms with Crippen LogP contribution in [0.5, 0.6) is 11.5 Å². The van der Waals surface area contributed by atoms with E-state index in [4.69, 9.17) is 16.2 Å². The first-order valence-electron chi connectivity index (χ1n) is 13.0. The Hall–Kier alpha value is -4.60. The molecule has 5 aromatic rings. The first kappa shape index (κ1) is 40.2. The maximum atomic E-state index is 13.5. The third kappa shape index (κ3) is 8.88. The van der Waals surface area contributed by atoms with Crippen LogP contribution in [0.25, 0.3) is 10.8 Å². The molecule has 0 amide bonds. The molecular weight excluding hydrogens is 850 g/mol. The molecule has 1 heterocycles. The molecule has 52 heavy (non-hydrogen) atoms. The number of fused-ring (bicyclic) bond motifs is 1. The molecule has 0 bridgehead atoms. The first-order valence-corrected chi connectivity index (χ1v) is 19.2. The van der Waals surface area contributed by atoms with Gasteiger partial charge in [-0.25, -0.2) is 0 Å². The topological polar surface area (TPSA) is 351 Å². The number of nitrogens with zero attached hydrogens (tertiary/aromatic N) is 5. The Kier molecular flexibility index (Phi) is 11.2. The van der Waals surface area contributed by atoms with Crippen molar-refractivity contribution in [1.82, 2.24) is 15.0 Å². The maximum Gasteiger partial charge on any atom is 2.00 e.